The lowest BCUT2D eigenvalue weighted by Crippen LogP contribution is -2.60. The molecule has 2 aromatic carbocycles. The Kier molecular flexibility index (Phi) is 9.28. The lowest BCUT2D eigenvalue weighted by Gasteiger charge is -2.53. The topological polar surface area (TPSA) is 170 Å². The van der Waals surface area contributed by atoms with E-state index in [4.69, 9.17) is 4.74 Å². The van der Waals surface area contributed by atoms with E-state index < -0.39 is 43.2 Å². The van der Waals surface area contributed by atoms with Gasteiger partial charge >= 0.3 is 13.7 Å². The Balaban J connectivity index is 1.19. The van der Waals surface area contributed by atoms with Crippen molar-refractivity contribution in [3.63, 3.8) is 0 Å². The Hall–Kier alpha value is -3.66. The molecule has 0 spiro atoms. The zero-order valence-corrected chi connectivity index (χ0v) is 26.9. The predicted octanol–water partition coefficient (Wildman–Crippen LogP) is 4.56. The van der Waals surface area contributed by atoms with E-state index in [1.165, 1.54) is 6.42 Å². The summed E-state index contributed by atoms with van der Waals surface area (Å²) >= 11 is 0. The number of H-pyrrole nitrogens is 1. The Morgan fingerprint density at radius 1 is 0.978 bits per heavy atom. The third-order valence-corrected chi connectivity index (χ3v) is 10.9. The van der Waals surface area contributed by atoms with Crippen LogP contribution in [0.4, 0.5) is 4.79 Å². The van der Waals surface area contributed by atoms with Crippen LogP contribution < -0.4 is 16.0 Å². The first-order valence-electron chi connectivity index (χ1n) is 16.2. The van der Waals surface area contributed by atoms with Crippen LogP contribution in [0.2, 0.25) is 0 Å². The summed E-state index contributed by atoms with van der Waals surface area (Å²) in [7, 11) is -4.35. The van der Waals surface area contributed by atoms with Gasteiger partial charge in [-0.3, -0.25) is 14.2 Å². The second kappa shape index (κ2) is 13.2. The van der Waals surface area contributed by atoms with E-state index in [0.29, 0.717) is 17.4 Å². The number of carbonyl (C=O) groups excluding carboxylic acids is 3. The van der Waals surface area contributed by atoms with Crippen molar-refractivity contribution in [3.05, 3.63) is 71.9 Å². The molecule has 3 amide bonds. The first kappa shape index (κ1) is 32.3. The van der Waals surface area contributed by atoms with Gasteiger partial charge in [-0.25, -0.2) is 4.79 Å². The van der Waals surface area contributed by atoms with Crippen molar-refractivity contribution in [2.75, 3.05) is 12.7 Å². The van der Waals surface area contributed by atoms with Gasteiger partial charge in [-0.05, 0) is 79.9 Å². The molecule has 6 N–H and O–H groups in total. The molecule has 0 radical (unpaired) electrons. The molecule has 1 aromatic heterocycles. The fourth-order valence-corrected chi connectivity index (χ4v) is 8.62. The highest BCUT2D eigenvalue weighted by molar-refractivity contribution is 7.51. The standard InChI is InChI=1S/C34H43N4O7P/c1-34(18-26-19-35-28-10-6-5-9-27(26)28,38-33(41)45-31-24-14-21-13-22(16-24)17-25(31)15-21)32(40)36-20-29(23-7-3-2-4-8-23)37-30(39)11-12-46(42,43)44/h2-10,19,21-22,24-25,29,31,35H,11-18,20H2,1H3,(H,36,40)(H,37,39)(H,38,41)(H2,42,43,44)/t21?,22?,24?,25?,29-,31?,34-/m1/s1. The molecular formula is C34H43N4O7P. The second-order valence-electron chi connectivity index (χ2n) is 13.7. The minimum atomic E-state index is -4.35. The van der Waals surface area contributed by atoms with Crippen molar-refractivity contribution < 1.29 is 33.5 Å². The Morgan fingerprint density at radius 2 is 1.63 bits per heavy atom. The summed E-state index contributed by atoms with van der Waals surface area (Å²) in [6.07, 6.45) is 6.01. The smallest absolute Gasteiger partial charge is 0.408 e. The number of hydrogen-bond donors (Lipinski definition) is 6. The summed E-state index contributed by atoms with van der Waals surface area (Å²) in [4.78, 5) is 62.0. The fraction of sp³-hybridized carbons (Fsp3) is 0.500. The summed E-state index contributed by atoms with van der Waals surface area (Å²) in [5.74, 6) is 1.21. The van der Waals surface area contributed by atoms with Crippen LogP contribution in [0, 0.1) is 23.7 Å². The number of aromatic nitrogens is 1. The SMILES string of the molecule is C[C@](Cc1c[nH]c2ccccc12)(NC(=O)OC1C2CC3CC(C2)CC1C3)C(=O)NC[C@@H](NC(=O)CCP(=O)(O)O)c1ccccc1. The summed E-state index contributed by atoms with van der Waals surface area (Å²) in [5.41, 5.74) is 1.08. The third-order valence-electron chi connectivity index (χ3n) is 10.1. The maximum absolute atomic E-state index is 14.1. The average Bonchev–Trinajstić information content (AvgIpc) is 3.41. The monoisotopic (exact) mass is 650 g/mol. The molecule has 7 rings (SSSR count). The van der Waals surface area contributed by atoms with Crippen molar-refractivity contribution >= 4 is 36.4 Å². The maximum Gasteiger partial charge on any atom is 0.408 e. The van der Waals surface area contributed by atoms with E-state index in [1.54, 1.807) is 31.2 Å². The van der Waals surface area contributed by atoms with Gasteiger partial charge in [0.05, 0.1) is 12.2 Å². The number of alkyl carbamates (subject to hydrolysis) is 1. The van der Waals surface area contributed by atoms with Gasteiger partial charge in [-0.1, -0.05) is 48.5 Å². The first-order valence-corrected chi connectivity index (χ1v) is 18.0. The molecule has 4 bridgehead atoms. The summed E-state index contributed by atoms with van der Waals surface area (Å²) in [6.45, 7) is 1.67. The largest absolute Gasteiger partial charge is 0.446 e. The number of benzene rings is 2. The number of para-hydroxylation sites is 1. The van der Waals surface area contributed by atoms with Crippen LogP contribution in [0.3, 0.4) is 0 Å². The van der Waals surface area contributed by atoms with Gasteiger partial charge in [0.15, 0.2) is 0 Å². The molecule has 4 fully saturated rings. The maximum atomic E-state index is 14.1. The molecule has 12 heteroatoms. The summed E-state index contributed by atoms with van der Waals surface area (Å²) in [6, 6.07) is 16.1. The van der Waals surface area contributed by atoms with E-state index in [0.717, 1.165) is 54.0 Å². The number of nitrogens with one attached hydrogen (secondary N) is 4. The highest BCUT2D eigenvalue weighted by atomic mass is 31.2. The molecule has 4 saturated carbocycles. The van der Waals surface area contributed by atoms with Crippen LogP contribution in [0.1, 0.15) is 62.6 Å². The fourth-order valence-electron chi connectivity index (χ4n) is 8.13. The van der Waals surface area contributed by atoms with Gasteiger partial charge in [0.2, 0.25) is 11.8 Å². The van der Waals surface area contributed by atoms with Crippen molar-refractivity contribution in [2.24, 2.45) is 23.7 Å². The third kappa shape index (κ3) is 7.48. The molecule has 0 unspecified atom stereocenters. The number of hydrogen-bond acceptors (Lipinski definition) is 5. The highest BCUT2D eigenvalue weighted by Crippen LogP contribution is 2.54. The molecule has 11 nitrogen and oxygen atoms in total. The Labute approximate surface area is 268 Å². The molecule has 4 aliphatic carbocycles. The molecule has 0 aliphatic heterocycles. The number of rotatable bonds is 12. The number of carbonyl (C=O) groups is 3. The van der Waals surface area contributed by atoms with Crippen LogP contribution in [-0.2, 0) is 25.3 Å². The first-order chi connectivity index (χ1) is 22.0. The van der Waals surface area contributed by atoms with Crippen LogP contribution in [-0.4, -0.2) is 57.0 Å². The summed E-state index contributed by atoms with van der Waals surface area (Å²) < 4.78 is 17.4. The van der Waals surface area contributed by atoms with E-state index in [-0.39, 0.29) is 25.5 Å². The minimum absolute atomic E-state index is 0.0136. The van der Waals surface area contributed by atoms with Crippen molar-refractivity contribution in [1.82, 2.24) is 20.9 Å². The molecule has 0 saturated heterocycles. The van der Waals surface area contributed by atoms with Gasteiger partial charge in [0, 0.05) is 36.5 Å². The van der Waals surface area contributed by atoms with Gasteiger partial charge in [0.25, 0.3) is 0 Å². The molecular weight excluding hydrogens is 607 g/mol. The molecule has 1 heterocycles. The van der Waals surface area contributed by atoms with Crippen molar-refractivity contribution in [2.45, 2.75) is 69.6 Å². The normalized spacial score (nSPS) is 25.4. The average molecular weight is 651 g/mol. The predicted molar refractivity (Wildman–Crippen MR) is 173 cm³/mol. The van der Waals surface area contributed by atoms with E-state index >= 15 is 0 Å². The van der Waals surface area contributed by atoms with Gasteiger partial charge in [-0.2, -0.15) is 0 Å². The van der Waals surface area contributed by atoms with Gasteiger partial charge < -0.3 is 35.5 Å². The van der Waals surface area contributed by atoms with Crippen LogP contribution in [0.5, 0.6) is 0 Å². The molecule has 46 heavy (non-hydrogen) atoms. The molecule has 2 atom stereocenters. The summed E-state index contributed by atoms with van der Waals surface area (Å²) in [5, 5.41) is 9.60. The molecule has 4 aliphatic rings. The van der Waals surface area contributed by atoms with Crippen LogP contribution in [0.25, 0.3) is 10.9 Å². The highest BCUT2D eigenvalue weighted by Gasteiger charge is 2.50. The van der Waals surface area contributed by atoms with Crippen LogP contribution in [0.15, 0.2) is 60.8 Å². The number of amides is 3. The van der Waals surface area contributed by atoms with E-state index in [1.807, 2.05) is 36.5 Å². The number of aromatic amines is 1. The second-order valence-corrected chi connectivity index (χ2v) is 15.4. The van der Waals surface area contributed by atoms with Crippen molar-refractivity contribution in [3.8, 4) is 0 Å². The zero-order valence-electron chi connectivity index (χ0n) is 26.0. The lowest BCUT2D eigenvalue weighted by atomic mass is 9.55. The Morgan fingerprint density at radius 3 is 2.30 bits per heavy atom. The van der Waals surface area contributed by atoms with Crippen molar-refractivity contribution in [1.29, 1.82) is 0 Å². The minimum Gasteiger partial charge on any atom is -0.446 e. The van der Waals surface area contributed by atoms with Gasteiger partial charge in [0.1, 0.15) is 11.6 Å². The lowest BCUT2D eigenvalue weighted by molar-refractivity contribution is -0.128. The molecule has 3 aromatic rings. The molecule has 246 valence electrons. The van der Waals surface area contributed by atoms with Gasteiger partial charge in [-0.15, -0.1) is 0 Å². The Bertz CT molecular complexity index is 1590. The van der Waals surface area contributed by atoms with Crippen LogP contribution >= 0.6 is 7.60 Å². The number of fused-ring (bicyclic) bond motifs is 1. The van der Waals surface area contributed by atoms with E-state index in [2.05, 4.69) is 20.9 Å². The zero-order chi connectivity index (χ0) is 32.5. The van der Waals surface area contributed by atoms with E-state index in [9.17, 15) is 28.7 Å². The quantitative estimate of drug-likeness (QED) is 0.156. The number of ether oxygens (including phenoxy) is 1.